The normalized spacial score (nSPS) is 16.2. The Morgan fingerprint density at radius 3 is 1.32 bits per heavy atom. The largest absolute Gasteiger partial charge is 0.497 e. The highest BCUT2D eigenvalue weighted by Gasteiger charge is 2.33. The number of nitrogens with zero attached hydrogens (tertiary/aromatic N) is 5. The van der Waals surface area contributed by atoms with E-state index in [-0.39, 0.29) is 53.4 Å². The van der Waals surface area contributed by atoms with Crippen LogP contribution in [0.1, 0.15) is 201 Å². The van der Waals surface area contributed by atoms with Gasteiger partial charge in [0.05, 0.1) is 49.8 Å². The van der Waals surface area contributed by atoms with Crippen LogP contribution in [0.15, 0.2) is 292 Å². The number of hydrogen-bond acceptors (Lipinski definition) is 18. The van der Waals surface area contributed by atoms with Crippen LogP contribution in [0.5, 0.6) is 40.2 Å². The van der Waals surface area contributed by atoms with E-state index >= 15 is 0 Å². The van der Waals surface area contributed by atoms with Gasteiger partial charge in [-0.25, -0.2) is 0 Å². The topological polar surface area (TPSA) is 238 Å². The maximum atomic E-state index is 13.1. The number of aromatic nitrogens is 5. The summed E-state index contributed by atoms with van der Waals surface area (Å²) in [7, 11) is 11.2. The van der Waals surface area contributed by atoms with Gasteiger partial charge in [-0.15, -0.1) is 0 Å². The van der Waals surface area contributed by atoms with E-state index in [9.17, 15) is 24.0 Å². The Morgan fingerprint density at radius 2 is 0.827 bits per heavy atom. The Kier molecular flexibility index (Phi) is 42.6. The minimum atomic E-state index is -0.513. The van der Waals surface area contributed by atoms with E-state index in [2.05, 4.69) is 152 Å². The highest BCUT2D eigenvalue weighted by Crippen LogP contribution is 2.41. The van der Waals surface area contributed by atoms with Crippen molar-refractivity contribution in [1.29, 1.82) is 0 Å². The zero-order chi connectivity index (χ0) is 90.6. The fourth-order valence-electron chi connectivity index (χ4n) is 17.2. The fourth-order valence-corrected chi connectivity index (χ4v) is 17.3. The lowest BCUT2D eigenvalue weighted by molar-refractivity contribution is -0.118. The third-order valence-electron chi connectivity index (χ3n) is 24.0. The van der Waals surface area contributed by atoms with Gasteiger partial charge in [0.15, 0.2) is 46.6 Å². The van der Waals surface area contributed by atoms with Crippen LogP contribution in [0.2, 0.25) is 0 Å². The summed E-state index contributed by atoms with van der Waals surface area (Å²) in [5.74, 6) is 7.10. The Balaban J connectivity index is 0.000000197. The number of carbonyl (C=O) groups is 5. The minimum absolute atomic E-state index is 0. The number of methoxy groups -OCH3 is 7. The summed E-state index contributed by atoms with van der Waals surface area (Å²) in [6, 6.07) is 76.7. The van der Waals surface area contributed by atoms with Crippen LogP contribution >= 0.6 is 11.6 Å². The number of rotatable bonds is 21. The molecule has 694 valence electrons. The summed E-state index contributed by atoms with van der Waals surface area (Å²) in [4.78, 5) is 77.7. The number of fused-ring (bicyclic) bond motifs is 5. The van der Waals surface area contributed by atoms with Crippen molar-refractivity contribution < 1.29 is 57.1 Å². The number of allylic oxidation sites excluding steroid dienone is 1. The molecule has 5 aliphatic rings. The van der Waals surface area contributed by atoms with Gasteiger partial charge in [-0.2, -0.15) is 0 Å². The highest BCUT2D eigenvalue weighted by molar-refractivity contribution is 6.67. The molecule has 20 heteroatoms. The van der Waals surface area contributed by atoms with Crippen LogP contribution in [-0.2, 0) is 73.9 Å². The molecule has 0 radical (unpaired) electrons. The van der Waals surface area contributed by atoms with Crippen molar-refractivity contribution in [3.63, 3.8) is 0 Å². The van der Waals surface area contributed by atoms with Crippen LogP contribution in [0.3, 0.4) is 0 Å². The van der Waals surface area contributed by atoms with Crippen molar-refractivity contribution in [3.05, 3.63) is 393 Å². The number of aldehydes is 1. The summed E-state index contributed by atoms with van der Waals surface area (Å²) in [5, 5.41) is 6.59. The van der Waals surface area contributed by atoms with Gasteiger partial charge in [0, 0.05) is 134 Å². The minimum Gasteiger partial charge on any atom is -0.497 e. The average molecular weight is 1810 g/mol. The molecule has 13 aromatic rings. The molecule has 0 saturated heterocycles. The molecule has 0 fully saturated rings. The van der Waals surface area contributed by atoms with E-state index in [0.717, 1.165) is 117 Å². The second-order valence-corrected chi connectivity index (χ2v) is 32.4. The number of hydrogen-bond donors (Lipinski definition) is 2. The first-order valence-corrected chi connectivity index (χ1v) is 44.0. The number of benzene rings is 8. The number of ketones is 2. The molecule has 1 amide bonds. The number of amides is 1. The third kappa shape index (κ3) is 29.6. The summed E-state index contributed by atoms with van der Waals surface area (Å²) >= 11 is 5.29. The molecule has 0 bridgehead atoms. The summed E-state index contributed by atoms with van der Waals surface area (Å²) in [6.07, 6.45) is 33.9. The van der Waals surface area contributed by atoms with Gasteiger partial charge in [-0.05, 0) is 281 Å². The Hall–Kier alpha value is -13.8. The standard InChI is InChI=1S/C25H26N2O3.C25H28N2O2.C17H15NO2.C17H19N.C10H10O.C9H9ClO3.C6H5NO.4CH4/c1-29-23-12-10-19(15-24(23)30-2)25(28)27-22-11-9-18-7-3-4-8-20(18)21(22)14-17-6-5-13-26-16-17;1-28-24-12-9-19(15-25(24)29-2)17-27-23-11-10-20-7-3-4-8-21(20)22(23)14-18-6-5-13-26-16-18;1-20-14-5-6-15-13(10-14)4-7-17(19)16(15)9-12-3-2-8-18-11-12;1-13-8-9-15-6-2-3-7-16(15)17(13)11-14-5-4-10-18-12-14;11-10-6-5-8-3-1-2-4-9(8)7-10;1-12-7-4-3-6(9(10)11)5-8(7)13-2;8-5-6-2-1-3-7-4-6;;;;/h3-8,10,12-13,15-16,21-22H,9,11,14H2,1-2H3,(H,27,28);3-9,12-13,15-16,22-23,27H,10-11,14,17H2,1-2H3;2-3,5-6,8-11H,4,7H2,1H3;2-7,10,12-13,17H,8-9,11H2,1H3;1-4H,5-7H2;3-5H,1-2H3;1-5H;4*1H4. The van der Waals surface area contributed by atoms with Crippen molar-refractivity contribution >= 4 is 52.3 Å². The van der Waals surface area contributed by atoms with Gasteiger partial charge in [-0.3, -0.25) is 48.9 Å². The van der Waals surface area contributed by atoms with Crippen LogP contribution in [0.25, 0.3) is 11.6 Å². The zero-order valence-electron chi connectivity index (χ0n) is 74.5. The number of carbonyl (C=O) groups excluding carboxylic acids is 5. The molecule has 6 unspecified atom stereocenters. The third-order valence-corrected chi connectivity index (χ3v) is 24.2. The Labute approximate surface area is 791 Å². The van der Waals surface area contributed by atoms with Gasteiger partial charge < -0.3 is 43.8 Å². The first kappa shape index (κ1) is 105. The number of Topliss-reactive ketones (excluding diaryl/α,β-unsaturated/α-hetero) is 2. The Bertz CT molecular complexity index is 5850. The molecule has 0 spiro atoms. The van der Waals surface area contributed by atoms with Gasteiger partial charge in [-0.1, -0.05) is 170 Å². The molecule has 0 saturated carbocycles. The maximum absolute atomic E-state index is 13.1. The predicted octanol–water partition coefficient (Wildman–Crippen LogP) is 23.1. The quantitative estimate of drug-likeness (QED) is 0.0386. The second kappa shape index (κ2) is 54.2. The van der Waals surface area contributed by atoms with Crippen LogP contribution < -0.4 is 43.8 Å². The van der Waals surface area contributed by atoms with Crippen molar-refractivity contribution in [2.75, 3.05) is 49.8 Å². The van der Waals surface area contributed by atoms with E-state index in [0.29, 0.717) is 76.2 Å². The number of halogens is 1. The molecule has 5 aromatic heterocycles. The lowest BCUT2D eigenvalue weighted by Crippen LogP contribution is -2.42. The molecule has 133 heavy (non-hydrogen) atoms. The van der Waals surface area contributed by atoms with E-state index in [1.807, 2.05) is 110 Å². The predicted molar refractivity (Wildman–Crippen MR) is 535 cm³/mol. The smallest absolute Gasteiger partial charge is 0.252 e. The summed E-state index contributed by atoms with van der Waals surface area (Å²) in [6.45, 7) is 3.19. The Morgan fingerprint density at radius 1 is 0.391 bits per heavy atom. The molecule has 18 rings (SSSR count). The first-order chi connectivity index (χ1) is 63.1. The number of aryl methyl sites for hydroxylation is 5. The fraction of sp³-hybridized carbons (Fsp3) is 0.292. The SMILES string of the molecule is C.C.C.C.CC1CCc2ccccc2C1Cc1cccnc1.COc1ccc(C(=O)Cl)cc1OC.COc1ccc(C(=O)NC2CCc3ccccc3C2Cc2cccnc2)cc1OC.COc1ccc(CNC2CCc3ccccc3C2Cc2cccnc2)cc1OC.COc1ccc2c(c1)CCC(=O)C2=Cc1cccnc1.O=C1CCc2ccccc2C1.O=Cc1cccnc1. The lowest BCUT2D eigenvalue weighted by Gasteiger charge is -2.34. The summed E-state index contributed by atoms with van der Waals surface area (Å²) < 4.78 is 36.7. The van der Waals surface area contributed by atoms with Crippen molar-refractivity contribution in [3.8, 4) is 40.2 Å². The van der Waals surface area contributed by atoms with Crippen molar-refractivity contribution in [1.82, 2.24) is 35.6 Å². The molecule has 5 heterocycles. The van der Waals surface area contributed by atoms with E-state index in [1.165, 1.54) is 101 Å². The van der Waals surface area contributed by atoms with Gasteiger partial charge in [0.1, 0.15) is 11.5 Å². The van der Waals surface area contributed by atoms with Crippen LogP contribution in [0.4, 0.5) is 0 Å². The molecule has 6 atom stereocenters. The molecular weight excluding hydrogens is 1680 g/mol. The average Bonchev–Trinajstić information content (AvgIpc) is 0.806. The van der Waals surface area contributed by atoms with Gasteiger partial charge >= 0.3 is 0 Å². The first-order valence-electron chi connectivity index (χ1n) is 43.6. The van der Waals surface area contributed by atoms with E-state index in [4.69, 9.17) is 44.8 Å². The number of nitrogens with one attached hydrogen (secondary N) is 2. The molecule has 8 aromatic carbocycles. The van der Waals surface area contributed by atoms with Crippen molar-refractivity contribution in [2.24, 2.45) is 5.92 Å². The molecule has 0 aliphatic heterocycles. The van der Waals surface area contributed by atoms with E-state index in [1.54, 1.807) is 114 Å². The van der Waals surface area contributed by atoms with Gasteiger partial charge in [0.2, 0.25) is 0 Å². The van der Waals surface area contributed by atoms with E-state index < -0.39 is 5.24 Å². The second-order valence-electron chi connectivity index (χ2n) is 32.1. The van der Waals surface area contributed by atoms with Crippen LogP contribution in [0, 0.1) is 5.92 Å². The lowest BCUT2D eigenvalue weighted by atomic mass is 9.73. The number of ether oxygens (including phenoxy) is 7. The molecule has 19 nitrogen and oxygen atoms in total. The molecule has 5 aliphatic carbocycles. The van der Waals surface area contributed by atoms with Gasteiger partial charge in [0.25, 0.3) is 11.1 Å². The zero-order valence-corrected chi connectivity index (χ0v) is 75.2. The molecule has 2 N–H and O–H groups in total. The maximum Gasteiger partial charge on any atom is 0.252 e. The molecular formula is C113H128ClN7O12. The highest BCUT2D eigenvalue weighted by atomic mass is 35.5. The number of pyridine rings is 5. The monoisotopic (exact) mass is 1810 g/mol. The summed E-state index contributed by atoms with van der Waals surface area (Å²) in [5.41, 5.74) is 21.8. The van der Waals surface area contributed by atoms with Crippen molar-refractivity contribution in [2.45, 2.75) is 163 Å². The van der Waals surface area contributed by atoms with Crippen LogP contribution in [-0.4, -0.2) is 116 Å².